The first-order valence-corrected chi connectivity index (χ1v) is 16.6. The molecule has 3 aliphatic rings. The summed E-state index contributed by atoms with van der Waals surface area (Å²) in [6, 6.07) is 5.48. The van der Waals surface area contributed by atoms with E-state index in [0.717, 1.165) is 90.5 Å². The Hall–Kier alpha value is -1.26. The van der Waals surface area contributed by atoms with Crippen LogP contribution in [0, 0.1) is 0 Å². The topological polar surface area (TPSA) is 117 Å². The SMILES string of the molecule is O=C(NC1CCCC(N2CCC(OCc3c(-c4c(Cl)cccc4Cl)noc3C3CC3)CP2)CCC1)NS(=O)O. The number of nitrogens with zero attached hydrogens (tertiary/aromatic N) is 2. The molecule has 13 heteroatoms. The molecule has 2 saturated carbocycles. The molecule has 1 aliphatic heterocycles. The van der Waals surface area contributed by atoms with Crippen LogP contribution >= 0.6 is 31.9 Å². The second-order valence-corrected chi connectivity index (χ2v) is 13.4. The maximum absolute atomic E-state index is 11.8. The normalized spacial score (nSPS) is 26.1. The lowest BCUT2D eigenvalue weighted by Crippen LogP contribution is -2.44. The molecule has 5 rings (SSSR count). The molecule has 0 spiro atoms. The monoisotopic (exact) mass is 616 g/mol. The highest BCUT2D eigenvalue weighted by molar-refractivity contribution is 7.77. The van der Waals surface area contributed by atoms with Gasteiger partial charge in [0.1, 0.15) is 11.5 Å². The molecule has 214 valence electrons. The van der Waals surface area contributed by atoms with Gasteiger partial charge in [-0.3, -0.25) is 9.22 Å². The summed E-state index contributed by atoms with van der Waals surface area (Å²) in [5.74, 6) is 1.31. The Morgan fingerprint density at radius 2 is 1.87 bits per heavy atom. The van der Waals surface area contributed by atoms with Gasteiger partial charge in [-0.15, -0.1) is 0 Å². The Morgan fingerprint density at radius 3 is 2.49 bits per heavy atom. The van der Waals surface area contributed by atoms with E-state index in [1.807, 2.05) is 22.9 Å². The standard InChI is InChI=1S/C26H35Cl2N4O5PS/c27-21-8-3-9-22(28)23(21)24-20(25(37-30-24)16-10-11-16)14-36-19-12-13-32(38-15-19)18-6-1-4-17(5-2-7-18)29-26(33)31-39(34)35/h3,8-9,16-19,38H,1-2,4-7,10-15H2,(H,34,35)(H2,29,31,33). The summed E-state index contributed by atoms with van der Waals surface area (Å²) in [6.45, 7) is 1.46. The van der Waals surface area contributed by atoms with Gasteiger partial charge in [-0.25, -0.2) is 13.7 Å². The van der Waals surface area contributed by atoms with Gasteiger partial charge in [0.15, 0.2) is 0 Å². The quantitative estimate of drug-likeness (QED) is 0.237. The van der Waals surface area contributed by atoms with Gasteiger partial charge in [-0.05, 0) is 78.7 Å². The number of halogens is 2. The molecule has 2 heterocycles. The van der Waals surface area contributed by atoms with E-state index in [-0.39, 0.29) is 12.1 Å². The van der Waals surface area contributed by atoms with Gasteiger partial charge in [-0.2, -0.15) is 0 Å². The minimum absolute atomic E-state index is 0.0413. The van der Waals surface area contributed by atoms with Crippen molar-refractivity contribution < 1.29 is 22.8 Å². The highest BCUT2D eigenvalue weighted by atomic mass is 35.5. The van der Waals surface area contributed by atoms with Gasteiger partial charge in [-0.1, -0.05) is 34.4 Å². The molecule has 3 N–H and O–H groups in total. The number of ether oxygens (including phenoxy) is 1. The van der Waals surface area contributed by atoms with Gasteiger partial charge in [0.25, 0.3) is 11.3 Å². The molecular weight excluding hydrogens is 582 g/mol. The number of hydrogen-bond donors (Lipinski definition) is 3. The zero-order valence-corrected chi connectivity index (χ0v) is 25.0. The number of carbonyl (C=O) groups excluding carboxylic acids is 1. The maximum atomic E-state index is 11.8. The Morgan fingerprint density at radius 1 is 1.15 bits per heavy atom. The molecule has 39 heavy (non-hydrogen) atoms. The minimum atomic E-state index is -2.34. The fourth-order valence-corrected chi connectivity index (χ4v) is 7.98. The summed E-state index contributed by atoms with van der Waals surface area (Å²) in [5.41, 5.74) is 2.37. The van der Waals surface area contributed by atoms with Crippen LogP contribution in [0.2, 0.25) is 10.0 Å². The number of nitrogens with one attached hydrogen (secondary N) is 2. The third-order valence-corrected chi connectivity index (χ3v) is 10.4. The fourth-order valence-electron chi connectivity index (χ4n) is 5.63. The lowest BCUT2D eigenvalue weighted by molar-refractivity contribution is 0.0385. The van der Waals surface area contributed by atoms with Crippen molar-refractivity contribution >= 4 is 49.2 Å². The molecule has 1 aromatic carbocycles. The van der Waals surface area contributed by atoms with Crippen molar-refractivity contribution in [1.82, 2.24) is 19.9 Å². The summed E-state index contributed by atoms with van der Waals surface area (Å²) >= 11 is 10.7. The Labute approximate surface area is 243 Å². The van der Waals surface area contributed by atoms with Crippen LogP contribution in [0.4, 0.5) is 4.79 Å². The average Bonchev–Trinajstić information content (AvgIpc) is 3.64. The Kier molecular flexibility index (Phi) is 10.2. The highest BCUT2D eigenvalue weighted by Gasteiger charge is 2.34. The van der Waals surface area contributed by atoms with Gasteiger partial charge in [0, 0.05) is 41.8 Å². The fraction of sp³-hybridized carbons (Fsp3) is 0.615. The van der Waals surface area contributed by atoms with Gasteiger partial charge < -0.3 is 14.6 Å². The van der Waals surface area contributed by atoms with Gasteiger partial charge in [0.05, 0.1) is 22.8 Å². The van der Waals surface area contributed by atoms with Crippen molar-refractivity contribution in [2.24, 2.45) is 0 Å². The first-order valence-electron chi connectivity index (χ1n) is 13.6. The number of carbonyl (C=O) groups is 1. The maximum Gasteiger partial charge on any atom is 0.328 e. The lowest BCUT2D eigenvalue weighted by Gasteiger charge is -2.38. The second-order valence-electron chi connectivity index (χ2n) is 10.6. The number of hydrogen-bond acceptors (Lipinski definition) is 6. The number of urea groups is 1. The van der Waals surface area contributed by atoms with Crippen LogP contribution in [0.25, 0.3) is 11.3 Å². The predicted octanol–water partition coefficient (Wildman–Crippen LogP) is 6.24. The molecule has 0 radical (unpaired) electrons. The Bertz CT molecular complexity index is 1140. The van der Waals surface area contributed by atoms with Crippen LogP contribution in [-0.4, -0.2) is 55.5 Å². The van der Waals surface area contributed by atoms with E-state index in [9.17, 15) is 9.00 Å². The molecule has 2 amide bonds. The van der Waals surface area contributed by atoms with Gasteiger partial charge >= 0.3 is 6.03 Å². The molecule has 3 fully saturated rings. The van der Waals surface area contributed by atoms with E-state index in [2.05, 4.69) is 15.1 Å². The first kappa shape index (κ1) is 29.2. The number of rotatable bonds is 8. The van der Waals surface area contributed by atoms with Crippen molar-refractivity contribution in [3.8, 4) is 11.3 Å². The van der Waals surface area contributed by atoms with Crippen molar-refractivity contribution in [2.75, 3.05) is 12.7 Å². The van der Waals surface area contributed by atoms with Crippen LogP contribution in [0.15, 0.2) is 22.7 Å². The number of aromatic nitrogens is 1. The molecule has 2 aliphatic carbocycles. The average molecular weight is 618 g/mol. The van der Waals surface area contributed by atoms with Crippen LogP contribution in [0.1, 0.15) is 75.0 Å². The van der Waals surface area contributed by atoms with E-state index in [1.165, 1.54) is 0 Å². The van der Waals surface area contributed by atoms with Crippen molar-refractivity contribution in [1.29, 1.82) is 0 Å². The van der Waals surface area contributed by atoms with Crippen LogP contribution in [0.5, 0.6) is 0 Å². The van der Waals surface area contributed by atoms with E-state index < -0.39 is 17.3 Å². The zero-order chi connectivity index (χ0) is 27.4. The van der Waals surface area contributed by atoms with Crippen LogP contribution < -0.4 is 10.0 Å². The largest absolute Gasteiger partial charge is 0.373 e. The molecule has 0 bridgehead atoms. The summed E-state index contributed by atoms with van der Waals surface area (Å²) in [4.78, 5) is 11.8. The summed E-state index contributed by atoms with van der Waals surface area (Å²) in [6.07, 6.45) is 10.4. The van der Waals surface area contributed by atoms with E-state index in [1.54, 1.807) is 0 Å². The summed E-state index contributed by atoms with van der Waals surface area (Å²) < 4.78 is 36.4. The molecule has 2 aromatic rings. The van der Waals surface area contributed by atoms with Crippen molar-refractivity contribution in [3.05, 3.63) is 39.6 Å². The molecule has 1 saturated heterocycles. The van der Waals surface area contributed by atoms with E-state index in [0.29, 0.717) is 39.9 Å². The smallest absolute Gasteiger partial charge is 0.328 e. The number of amides is 2. The predicted molar refractivity (Wildman–Crippen MR) is 155 cm³/mol. The molecule has 3 atom stereocenters. The van der Waals surface area contributed by atoms with E-state index in [4.69, 9.17) is 37.0 Å². The van der Waals surface area contributed by atoms with Crippen molar-refractivity contribution in [2.45, 2.75) is 88.5 Å². The zero-order valence-electron chi connectivity index (χ0n) is 21.7. The van der Waals surface area contributed by atoms with E-state index >= 15 is 0 Å². The van der Waals surface area contributed by atoms with Crippen molar-refractivity contribution in [3.63, 3.8) is 0 Å². The minimum Gasteiger partial charge on any atom is -0.373 e. The molecule has 9 nitrogen and oxygen atoms in total. The number of benzene rings is 1. The van der Waals surface area contributed by atoms with Crippen LogP contribution in [0.3, 0.4) is 0 Å². The molecule has 1 aromatic heterocycles. The lowest BCUT2D eigenvalue weighted by atomic mass is 9.93. The molecular formula is C26H35Cl2N4O5PS. The highest BCUT2D eigenvalue weighted by Crippen LogP contribution is 2.46. The summed E-state index contributed by atoms with van der Waals surface area (Å²) in [5, 5.41) is 8.31. The third-order valence-electron chi connectivity index (χ3n) is 7.78. The van der Waals surface area contributed by atoms with Crippen LogP contribution in [-0.2, 0) is 22.6 Å². The third kappa shape index (κ3) is 7.73. The summed E-state index contributed by atoms with van der Waals surface area (Å²) in [7, 11) is 0.718. The first-order chi connectivity index (χ1) is 18.9. The van der Waals surface area contributed by atoms with Gasteiger partial charge in [0.2, 0.25) is 0 Å². The second kappa shape index (κ2) is 13.6. The molecule has 3 unspecified atom stereocenters. The Balaban J connectivity index is 1.12.